The number of pyridine rings is 1. The zero-order chi connectivity index (χ0) is 15.6. The largest absolute Gasteiger partial charge is 0.384 e. The van der Waals surface area contributed by atoms with Gasteiger partial charge >= 0.3 is 0 Å². The Labute approximate surface area is 126 Å². The van der Waals surface area contributed by atoms with E-state index in [1.165, 1.54) is 12.1 Å². The maximum absolute atomic E-state index is 12.2. The summed E-state index contributed by atoms with van der Waals surface area (Å²) in [5.74, 6) is 0.385. The van der Waals surface area contributed by atoms with E-state index in [1.54, 1.807) is 31.4 Å². The summed E-state index contributed by atoms with van der Waals surface area (Å²) < 4.78 is 38.2. The van der Waals surface area contributed by atoms with Gasteiger partial charge in [-0.2, -0.15) is 0 Å². The zero-order valence-corrected chi connectivity index (χ0v) is 13.4. The van der Waals surface area contributed by atoms with Crippen molar-refractivity contribution in [2.75, 3.05) is 18.5 Å². The third-order valence-electron chi connectivity index (χ3n) is 3.12. The van der Waals surface area contributed by atoms with Gasteiger partial charge in [-0.15, -0.1) is 0 Å². The lowest BCUT2D eigenvalue weighted by molar-refractivity contribution is 0.581. The molecule has 0 fully saturated rings. The van der Waals surface area contributed by atoms with E-state index in [0.717, 1.165) is 0 Å². The lowest BCUT2D eigenvalue weighted by atomic mass is 10.2. The third-order valence-corrected chi connectivity index (χ3v) is 5.84. The number of aromatic nitrogens is 1. The SMILES string of the molecule is CC(CNS(=O)(=O)c1ccc2nc(N)ccc2c1)S(C)=O. The quantitative estimate of drug-likeness (QED) is 0.848. The fraction of sp³-hybridized carbons (Fsp3) is 0.308. The monoisotopic (exact) mass is 327 g/mol. The minimum Gasteiger partial charge on any atom is -0.384 e. The highest BCUT2D eigenvalue weighted by Gasteiger charge is 2.17. The number of hydrogen-bond acceptors (Lipinski definition) is 5. The van der Waals surface area contributed by atoms with Crippen LogP contribution in [0.15, 0.2) is 35.2 Å². The first-order chi connectivity index (χ1) is 9.79. The van der Waals surface area contributed by atoms with Crippen molar-refractivity contribution in [3.63, 3.8) is 0 Å². The third kappa shape index (κ3) is 3.78. The molecule has 2 aromatic rings. The van der Waals surface area contributed by atoms with Crippen LogP contribution < -0.4 is 10.5 Å². The summed E-state index contributed by atoms with van der Waals surface area (Å²) in [5, 5.41) is 0.445. The molecular weight excluding hydrogens is 310 g/mol. The molecule has 3 N–H and O–H groups in total. The number of nitrogens with one attached hydrogen (secondary N) is 1. The molecule has 21 heavy (non-hydrogen) atoms. The van der Waals surface area contributed by atoms with Gasteiger partial charge in [-0.3, -0.25) is 4.21 Å². The Morgan fingerprint density at radius 3 is 2.71 bits per heavy atom. The average molecular weight is 327 g/mol. The molecule has 0 bridgehead atoms. The van der Waals surface area contributed by atoms with Gasteiger partial charge in [0.25, 0.3) is 0 Å². The molecular formula is C13H17N3O3S2. The standard InChI is InChI=1S/C13H17N3O3S2/c1-9(20(2)17)8-15-21(18,19)11-4-5-12-10(7-11)3-6-13(14)16-12/h3-7,9,15H,8H2,1-2H3,(H2,14,16). The van der Waals surface area contributed by atoms with Gasteiger partial charge in [0.2, 0.25) is 10.0 Å². The molecule has 114 valence electrons. The number of sulfonamides is 1. The first kappa shape index (κ1) is 15.9. The number of hydrogen-bond donors (Lipinski definition) is 2. The predicted molar refractivity (Wildman–Crippen MR) is 84.9 cm³/mol. The molecule has 0 amide bonds. The number of nitrogens with zero attached hydrogens (tertiary/aromatic N) is 1. The summed E-state index contributed by atoms with van der Waals surface area (Å²) in [6.07, 6.45) is 1.55. The highest BCUT2D eigenvalue weighted by molar-refractivity contribution is 7.89. The molecule has 0 aliphatic heterocycles. The van der Waals surface area contributed by atoms with Gasteiger partial charge in [0.1, 0.15) is 5.82 Å². The van der Waals surface area contributed by atoms with Crippen LogP contribution in [0.5, 0.6) is 0 Å². The van der Waals surface area contributed by atoms with E-state index in [4.69, 9.17) is 5.73 Å². The Kier molecular flexibility index (Phi) is 4.60. The van der Waals surface area contributed by atoms with Crippen LogP contribution in [-0.4, -0.2) is 35.7 Å². The van der Waals surface area contributed by atoms with Crippen LogP contribution >= 0.6 is 0 Å². The predicted octanol–water partition coefficient (Wildman–Crippen LogP) is 0.862. The first-order valence-corrected chi connectivity index (χ1v) is 9.38. The van der Waals surface area contributed by atoms with Gasteiger partial charge in [-0.25, -0.2) is 18.1 Å². The van der Waals surface area contributed by atoms with Crippen LogP contribution in [0.25, 0.3) is 10.9 Å². The van der Waals surface area contributed by atoms with Gasteiger partial charge in [-0.1, -0.05) is 0 Å². The summed E-state index contributed by atoms with van der Waals surface area (Å²) in [7, 11) is -4.71. The van der Waals surface area contributed by atoms with E-state index in [2.05, 4.69) is 9.71 Å². The second-order valence-corrected chi connectivity index (χ2v) is 8.32. The maximum Gasteiger partial charge on any atom is 0.240 e. The molecule has 0 radical (unpaired) electrons. The van der Waals surface area contributed by atoms with Crippen molar-refractivity contribution in [2.24, 2.45) is 0 Å². The van der Waals surface area contributed by atoms with Crippen molar-refractivity contribution in [2.45, 2.75) is 17.1 Å². The highest BCUT2D eigenvalue weighted by atomic mass is 32.2. The molecule has 8 heteroatoms. The molecule has 2 atom stereocenters. The summed E-state index contributed by atoms with van der Waals surface area (Å²) in [6.45, 7) is 1.86. The molecule has 1 heterocycles. The maximum atomic E-state index is 12.2. The molecule has 1 aromatic carbocycles. The van der Waals surface area contributed by atoms with Crippen molar-refractivity contribution in [3.05, 3.63) is 30.3 Å². The van der Waals surface area contributed by atoms with E-state index >= 15 is 0 Å². The highest BCUT2D eigenvalue weighted by Crippen LogP contribution is 2.18. The summed E-state index contributed by atoms with van der Waals surface area (Å²) in [4.78, 5) is 4.27. The van der Waals surface area contributed by atoms with Gasteiger partial charge < -0.3 is 5.73 Å². The first-order valence-electron chi connectivity index (χ1n) is 6.28. The van der Waals surface area contributed by atoms with Gasteiger partial charge in [0.15, 0.2) is 0 Å². The van der Waals surface area contributed by atoms with Gasteiger partial charge in [-0.05, 0) is 37.3 Å². The number of nitrogen functional groups attached to an aromatic ring is 1. The van der Waals surface area contributed by atoms with Crippen LogP contribution in [0.3, 0.4) is 0 Å². The summed E-state index contributed by atoms with van der Waals surface area (Å²) >= 11 is 0. The van der Waals surface area contributed by atoms with Crippen molar-refractivity contribution in [3.8, 4) is 0 Å². The Hall–Kier alpha value is -1.51. The fourth-order valence-electron chi connectivity index (χ4n) is 1.71. The Morgan fingerprint density at radius 1 is 1.33 bits per heavy atom. The number of benzene rings is 1. The lowest BCUT2D eigenvalue weighted by Gasteiger charge is -2.11. The summed E-state index contributed by atoms with van der Waals surface area (Å²) in [5.41, 5.74) is 6.22. The Balaban J connectivity index is 2.28. The minimum absolute atomic E-state index is 0.128. The number of anilines is 1. The van der Waals surface area contributed by atoms with E-state index in [1.807, 2.05) is 0 Å². The normalized spacial score (nSPS) is 15.0. The molecule has 0 saturated carbocycles. The molecule has 1 aromatic heterocycles. The van der Waals surface area contributed by atoms with E-state index < -0.39 is 20.8 Å². The Morgan fingerprint density at radius 2 is 2.05 bits per heavy atom. The van der Waals surface area contributed by atoms with Crippen LogP contribution in [-0.2, 0) is 20.8 Å². The van der Waals surface area contributed by atoms with Crippen molar-refractivity contribution in [1.82, 2.24) is 9.71 Å². The fourth-order valence-corrected chi connectivity index (χ4v) is 3.30. The molecule has 0 saturated heterocycles. The van der Waals surface area contributed by atoms with E-state index in [9.17, 15) is 12.6 Å². The molecule has 2 rings (SSSR count). The second kappa shape index (κ2) is 6.08. The van der Waals surface area contributed by atoms with Crippen LogP contribution in [0, 0.1) is 0 Å². The van der Waals surface area contributed by atoms with E-state index in [-0.39, 0.29) is 16.7 Å². The van der Waals surface area contributed by atoms with Crippen LogP contribution in [0.4, 0.5) is 5.82 Å². The van der Waals surface area contributed by atoms with Gasteiger partial charge in [0, 0.05) is 34.2 Å². The molecule has 6 nitrogen and oxygen atoms in total. The van der Waals surface area contributed by atoms with E-state index in [0.29, 0.717) is 16.7 Å². The van der Waals surface area contributed by atoms with Crippen LogP contribution in [0.1, 0.15) is 6.92 Å². The molecule has 0 spiro atoms. The number of fused-ring (bicyclic) bond motifs is 1. The number of rotatable bonds is 5. The summed E-state index contributed by atoms with van der Waals surface area (Å²) in [6, 6.07) is 7.97. The average Bonchev–Trinajstić information content (AvgIpc) is 2.44. The van der Waals surface area contributed by atoms with Crippen LogP contribution in [0.2, 0.25) is 0 Å². The molecule has 2 unspecified atom stereocenters. The topological polar surface area (TPSA) is 102 Å². The zero-order valence-electron chi connectivity index (χ0n) is 11.7. The molecule has 0 aliphatic carbocycles. The minimum atomic E-state index is -3.63. The molecule has 0 aliphatic rings. The van der Waals surface area contributed by atoms with Crippen molar-refractivity contribution in [1.29, 1.82) is 0 Å². The van der Waals surface area contributed by atoms with Gasteiger partial charge in [0.05, 0.1) is 10.4 Å². The van der Waals surface area contributed by atoms with Crippen molar-refractivity contribution < 1.29 is 12.6 Å². The smallest absolute Gasteiger partial charge is 0.240 e. The Bertz CT molecular complexity index is 790. The second-order valence-electron chi connectivity index (χ2n) is 4.75. The number of nitrogens with two attached hydrogens (primary N) is 1. The van der Waals surface area contributed by atoms with Crippen molar-refractivity contribution >= 4 is 37.5 Å². The lowest BCUT2D eigenvalue weighted by Crippen LogP contribution is -2.32.